The van der Waals surface area contributed by atoms with Crippen molar-refractivity contribution in [1.29, 1.82) is 5.26 Å². The zero-order chi connectivity index (χ0) is 30.0. The minimum Gasteiger partial charge on any atom is -0.481 e. The first kappa shape index (κ1) is 28.7. The van der Waals surface area contributed by atoms with E-state index in [0.29, 0.717) is 23.2 Å². The second-order valence-corrected chi connectivity index (χ2v) is 10.8. The van der Waals surface area contributed by atoms with Gasteiger partial charge in [0.2, 0.25) is 5.91 Å². The highest BCUT2D eigenvalue weighted by Gasteiger charge is 2.51. The molecular formula is C30H31F2N7O4. The van der Waals surface area contributed by atoms with Gasteiger partial charge < -0.3 is 29.7 Å². The van der Waals surface area contributed by atoms with Crippen LogP contribution in [0.4, 0.5) is 26.0 Å². The molecule has 1 aromatic heterocycles. The first-order valence-corrected chi connectivity index (χ1v) is 14.1. The molecule has 3 aromatic rings. The van der Waals surface area contributed by atoms with Crippen molar-refractivity contribution in [3.05, 3.63) is 60.3 Å². The number of alkyl halides is 2. The van der Waals surface area contributed by atoms with Gasteiger partial charge in [-0.3, -0.25) is 9.69 Å². The normalized spacial score (nSPS) is 20.4. The third kappa shape index (κ3) is 6.22. The highest BCUT2D eigenvalue weighted by Crippen LogP contribution is 2.34. The number of halogens is 2. The number of carbonyl (C=O) groups excluding carboxylic acids is 1. The number of rotatable bonds is 8. The minimum atomic E-state index is -3.34. The summed E-state index contributed by atoms with van der Waals surface area (Å²) in [4.78, 5) is 26.3. The first-order chi connectivity index (χ1) is 20.8. The van der Waals surface area contributed by atoms with Crippen molar-refractivity contribution in [2.24, 2.45) is 0 Å². The van der Waals surface area contributed by atoms with E-state index >= 15 is 0 Å². The molecule has 0 spiro atoms. The molecule has 11 nitrogen and oxygen atoms in total. The number of aromatic nitrogens is 2. The number of aliphatic hydroxyl groups excluding tert-OH is 1. The van der Waals surface area contributed by atoms with Gasteiger partial charge in [-0.15, -0.1) is 0 Å². The fourth-order valence-electron chi connectivity index (χ4n) is 5.43. The number of hydrogen-bond acceptors (Lipinski definition) is 10. The molecule has 4 heterocycles. The summed E-state index contributed by atoms with van der Waals surface area (Å²) in [7, 11) is 0. The third-order valence-corrected chi connectivity index (χ3v) is 7.99. The molecule has 0 bridgehead atoms. The lowest BCUT2D eigenvalue weighted by Crippen LogP contribution is -2.56. The molecule has 3 aliphatic heterocycles. The number of ether oxygens (including phenoxy) is 2. The predicted molar refractivity (Wildman–Crippen MR) is 153 cm³/mol. The van der Waals surface area contributed by atoms with Gasteiger partial charge in [0.15, 0.2) is 11.9 Å². The van der Waals surface area contributed by atoms with Crippen molar-refractivity contribution >= 4 is 23.1 Å². The molecule has 13 heteroatoms. The molecule has 1 atom stereocenters. The van der Waals surface area contributed by atoms with E-state index in [1.807, 2.05) is 18.2 Å². The smallest absolute Gasteiger partial charge is 0.302 e. The molecule has 1 amide bonds. The van der Waals surface area contributed by atoms with Crippen molar-refractivity contribution < 1.29 is 28.2 Å². The number of hydrogen-bond donors (Lipinski definition) is 2. The van der Waals surface area contributed by atoms with Gasteiger partial charge in [0.25, 0.3) is 0 Å². The molecule has 43 heavy (non-hydrogen) atoms. The quantitative estimate of drug-likeness (QED) is 0.404. The van der Waals surface area contributed by atoms with Gasteiger partial charge in [0, 0.05) is 49.3 Å². The van der Waals surface area contributed by atoms with Gasteiger partial charge in [-0.1, -0.05) is 0 Å². The van der Waals surface area contributed by atoms with Crippen LogP contribution in [0, 0.1) is 11.3 Å². The Kier molecular flexibility index (Phi) is 8.07. The van der Waals surface area contributed by atoms with Gasteiger partial charge in [-0.05, 0) is 48.5 Å². The largest absolute Gasteiger partial charge is 0.481 e. The van der Waals surface area contributed by atoms with Gasteiger partial charge in [-0.25, -0.2) is 18.7 Å². The summed E-state index contributed by atoms with van der Waals surface area (Å²) in [5, 5.41) is 22.0. The topological polar surface area (TPSA) is 127 Å². The Hall–Kier alpha value is -4.38. The Morgan fingerprint density at radius 1 is 1.14 bits per heavy atom. The van der Waals surface area contributed by atoms with Gasteiger partial charge in [-0.2, -0.15) is 5.26 Å². The van der Waals surface area contributed by atoms with Gasteiger partial charge >= 0.3 is 5.92 Å². The number of piperazine rings is 1. The second-order valence-electron chi connectivity index (χ2n) is 10.8. The maximum atomic E-state index is 14.5. The van der Waals surface area contributed by atoms with Gasteiger partial charge in [0.05, 0.1) is 37.9 Å². The lowest BCUT2D eigenvalue weighted by molar-refractivity contribution is -0.134. The maximum absolute atomic E-state index is 14.5. The lowest BCUT2D eigenvalue weighted by Gasteiger charge is -2.43. The number of nitrogens with one attached hydrogen (secondary N) is 1. The van der Waals surface area contributed by atoms with Crippen LogP contribution in [0.2, 0.25) is 0 Å². The summed E-state index contributed by atoms with van der Waals surface area (Å²) in [5.41, 5.74) is 2.55. The Morgan fingerprint density at radius 3 is 2.58 bits per heavy atom. The summed E-state index contributed by atoms with van der Waals surface area (Å²) in [6.07, 6.45) is -0.0586. The molecule has 0 saturated carbocycles. The maximum Gasteiger partial charge on any atom is 0.302 e. The third-order valence-electron chi connectivity index (χ3n) is 7.99. The second kappa shape index (κ2) is 12.1. The summed E-state index contributed by atoms with van der Waals surface area (Å²) < 4.78 is 39.8. The molecular weight excluding hydrogens is 560 g/mol. The molecule has 3 aliphatic rings. The zero-order valence-electron chi connectivity index (χ0n) is 23.3. The summed E-state index contributed by atoms with van der Waals surface area (Å²) >= 11 is 0. The standard InChI is InChI=1S/C30H31F2N7O4/c31-30(32)19-39(28(41)16-40)15-26(30)43-25-6-1-20(13-21(25)14-33)29-34-8-7-27(36-29)35-22-2-4-23(5-3-22)37-9-11-38(12-10-37)24-17-42-18-24/h1-8,13,24,26,40H,9-12,15-19H2,(H,34,35,36). The van der Waals surface area contributed by atoms with E-state index in [9.17, 15) is 18.8 Å². The van der Waals surface area contributed by atoms with Crippen LogP contribution in [0.15, 0.2) is 54.7 Å². The van der Waals surface area contributed by atoms with Crippen LogP contribution >= 0.6 is 0 Å². The minimum absolute atomic E-state index is 0.0274. The average Bonchev–Trinajstić information content (AvgIpc) is 3.30. The highest BCUT2D eigenvalue weighted by molar-refractivity contribution is 5.77. The monoisotopic (exact) mass is 591 g/mol. The number of amides is 1. The number of aliphatic hydroxyl groups is 1. The fraction of sp³-hybridized carbons (Fsp3) is 0.400. The van der Waals surface area contributed by atoms with Crippen molar-refractivity contribution in [3.8, 4) is 23.2 Å². The van der Waals surface area contributed by atoms with Crippen molar-refractivity contribution in [2.75, 3.05) is 69.3 Å². The van der Waals surface area contributed by atoms with E-state index in [2.05, 4.69) is 37.2 Å². The zero-order valence-corrected chi connectivity index (χ0v) is 23.3. The number of nitrogens with zero attached hydrogens (tertiary/aromatic N) is 6. The summed E-state index contributed by atoms with van der Waals surface area (Å²) in [6.45, 7) is 3.53. The summed E-state index contributed by atoms with van der Waals surface area (Å²) in [5.74, 6) is -3.30. The van der Waals surface area contributed by atoms with E-state index in [1.54, 1.807) is 18.3 Å². The molecule has 2 aromatic carbocycles. The molecule has 6 rings (SSSR count). The molecule has 2 N–H and O–H groups in total. The molecule has 0 aliphatic carbocycles. The number of nitriles is 1. The van der Waals surface area contributed by atoms with Crippen molar-refractivity contribution in [2.45, 2.75) is 18.1 Å². The van der Waals surface area contributed by atoms with E-state index < -0.39 is 37.6 Å². The first-order valence-electron chi connectivity index (χ1n) is 14.1. The van der Waals surface area contributed by atoms with E-state index in [4.69, 9.17) is 14.6 Å². The van der Waals surface area contributed by atoms with Crippen LogP contribution in [0.1, 0.15) is 5.56 Å². The average molecular weight is 592 g/mol. The van der Waals surface area contributed by atoms with Gasteiger partial charge in [0.1, 0.15) is 24.2 Å². The number of carbonyl (C=O) groups is 1. The fourth-order valence-corrected chi connectivity index (χ4v) is 5.43. The van der Waals surface area contributed by atoms with E-state index in [-0.39, 0.29) is 11.3 Å². The van der Waals surface area contributed by atoms with Crippen LogP contribution in [0.25, 0.3) is 11.4 Å². The highest BCUT2D eigenvalue weighted by atomic mass is 19.3. The Labute approximate surface area is 247 Å². The Balaban J connectivity index is 1.10. The summed E-state index contributed by atoms with van der Waals surface area (Å²) in [6, 6.07) is 16.9. The van der Waals surface area contributed by atoms with Crippen LogP contribution in [0.3, 0.4) is 0 Å². The SMILES string of the molecule is N#Cc1cc(-c2nccc(Nc3ccc(N4CCN(C5COC5)CC4)cc3)n2)ccc1OC1CN(C(=O)CO)CC1(F)F. The van der Waals surface area contributed by atoms with Crippen LogP contribution in [0.5, 0.6) is 5.75 Å². The Bertz CT molecular complexity index is 1510. The Morgan fingerprint density at radius 2 is 1.91 bits per heavy atom. The van der Waals surface area contributed by atoms with E-state index in [0.717, 1.165) is 55.7 Å². The molecule has 224 valence electrons. The van der Waals surface area contributed by atoms with Crippen molar-refractivity contribution in [3.63, 3.8) is 0 Å². The number of likely N-dealkylation sites (tertiary alicyclic amines) is 1. The molecule has 0 radical (unpaired) electrons. The molecule has 3 saturated heterocycles. The molecule has 3 fully saturated rings. The predicted octanol–water partition coefficient (Wildman–Crippen LogP) is 2.50. The number of anilines is 3. The lowest BCUT2D eigenvalue weighted by atomic mass is 10.1. The van der Waals surface area contributed by atoms with Crippen molar-refractivity contribution in [1.82, 2.24) is 19.8 Å². The van der Waals surface area contributed by atoms with Crippen LogP contribution in [-0.4, -0.2) is 108 Å². The van der Waals surface area contributed by atoms with E-state index in [1.165, 1.54) is 12.1 Å². The van der Waals surface area contributed by atoms with Crippen LogP contribution < -0.4 is 15.0 Å². The van der Waals surface area contributed by atoms with Crippen LogP contribution in [-0.2, 0) is 9.53 Å². The molecule has 1 unspecified atom stereocenters. The number of benzene rings is 2.